The average Bonchev–Trinajstić information content (AvgIpc) is 3.09. The number of methoxy groups -OCH3 is 2. The Balaban J connectivity index is 1.75. The summed E-state index contributed by atoms with van der Waals surface area (Å²) in [7, 11) is 7.20. The smallest absolute Gasteiger partial charge is 0.251 e. The van der Waals surface area contributed by atoms with Crippen LogP contribution < -0.4 is 19.7 Å². The van der Waals surface area contributed by atoms with Crippen molar-refractivity contribution in [2.75, 3.05) is 52.8 Å². The lowest BCUT2D eigenvalue weighted by atomic mass is 10.0. The van der Waals surface area contributed by atoms with Gasteiger partial charge in [-0.15, -0.1) is 0 Å². The highest BCUT2D eigenvalue weighted by atomic mass is 16.5. The van der Waals surface area contributed by atoms with Gasteiger partial charge < -0.3 is 24.6 Å². The van der Waals surface area contributed by atoms with Crippen LogP contribution in [0.1, 0.15) is 10.4 Å². The molecular formula is C20H27N5O3. The number of carbonyl (C=O) groups is 1. The van der Waals surface area contributed by atoms with Crippen LogP contribution in [-0.4, -0.2) is 74.8 Å². The van der Waals surface area contributed by atoms with Crippen LogP contribution in [0.15, 0.2) is 36.7 Å². The second-order valence-electron chi connectivity index (χ2n) is 7.13. The molecule has 0 unspecified atom stereocenters. The molecule has 8 nitrogen and oxygen atoms in total. The first kappa shape index (κ1) is 19.9. The maximum atomic E-state index is 12.9. The monoisotopic (exact) mass is 385 g/mol. The summed E-state index contributed by atoms with van der Waals surface area (Å²) in [4.78, 5) is 25.8. The molecule has 150 valence electrons. The molecule has 1 aliphatic heterocycles. The summed E-state index contributed by atoms with van der Waals surface area (Å²) in [6, 6.07) is 6.97. The zero-order valence-electron chi connectivity index (χ0n) is 16.8. The quantitative estimate of drug-likeness (QED) is 0.769. The van der Waals surface area contributed by atoms with Gasteiger partial charge in [0.2, 0.25) is 5.95 Å². The molecule has 1 aromatic carbocycles. The fraction of sp³-hybridized carbons (Fsp3) is 0.450. The maximum absolute atomic E-state index is 12.9. The van der Waals surface area contributed by atoms with Gasteiger partial charge in [0.05, 0.1) is 20.3 Å². The van der Waals surface area contributed by atoms with Crippen molar-refractivity contribution >= 4 is 11.9 Å². The highest BCUT2D eigenvalue weighted by Gasteiger charge is 2.35. The molecule has 8 heteroatoms. The number of hydrogen-bond donors (Lipinski definition) is 1. The van der Waals surface area contributed by atoms with Crippen molar-refractivity contribution in [1.29, 1.82) is 0 Å². The molecule has 0 radical (unpaired) electrons. The largest absolute Gasteiger partial charge is 0.493 e. The summed E-state index contributed by atoms with van der Waals surface area (Å²) in [6.07, 6.45) is 3.47. The molecule has 1 aliphatic rings. The molecule has 3 rings (SSSR count). The molecule has 1 aromatic heterocycles. The predicted molar refractivity (Wildman–Crippen MR) is 107 cm³/mol. The molecule has 2 heterocycles. The fourth-order valence-corrected chi connectivity index (χ4v) is 3.54. The lowest BCUT2D eigenvalue weighted by Crippen LogP contribution is -2.43. The number of aromatic nitrogens is 2. The summed E-state index contributed by atoms with van der Waals surface area (Å²) >= 11 is 0. The van der Waals surface area contributed by atoms with Crippen LogP contribution >= 0.6 is 0 Å². The van der Waals surface area contributed by atoms with Crippen LogP contribution in [0.4, 0.5) is 5.95 Å². The van der Waals surface area contributed by atoms with Crippen LogP contribution in [-0.2, 0) is 0 Å². The summed E-state index contributed by atoms with van der Waals surface area (Å²) in [5.74, 6) is 1.95. The normalized spacial score (nSPS) is 19.0. The van der Waals surface area contributed by atoms with E-state index in [2.05, 4.69) is 25.1 Å². The number of amides is 1. The van der Waals surface area contributed by atoms with E-state index in [9.17, 15) is 4.79 Å². The van der Waals surface area contributed by atoms with Gasteiger partial charge in [-0.1, -0.05) is 0 Å². The van der Waals surface area contributed by atoms with Gasteiger partial charge in [0.1, 0.15) is 0 Å². The van der Waals surface area contributed by atoms with E-state index in [1.54, 1.807) is 50.9 Å². The van der Waals surface area contributed by atoms with Gasteiger partial charge in [-0.3, -0.25) is 4.79 Å². The third-order valence-electron chi connectivity index (χ3n) is 4.84. The highest BCUT2D eigenvalue weighted by molar-refractivity contribution is 5.95. The topological polar surface area (TPSA) is 79.8 Å². The van der Waals surface area contributed by atoms with Gasteiger partial charge in [0.25, 0.3) is 5.91 Å². The molecule has 0 spiro atoms. The third kappa shape index (κ3) is 4.51. The minimum absolute atomic E-state index is 0.00759. The van der Waals surface area contributed by atoms with Gasteiger partial charge in [-0.05, 0) is 38.4 Å². The van der Waals surface area contributed by atoms with Crippen molar-refractivity contribution < 1.29 is 14.3 Å². The van der Waals surface area contributed by atoms with E-state index in [0.29, 0.717) is 29.6 Å². The van der Waals surface area contributed by atoms with Gasteiger partial charge in [0, 0.05) is 43.5 Å². The van der Waals surface area contributed by atoms with Crippen molar-refractivity contribution in [3.8, 4) is 11.5 Å². The van der Waals surface area contributed by atoms with Gasteiger partial charge in [-0.2, -0.15) is 0 Å². The van der Waals surface area contributed by atoms with Gasteiger partial charge in [-0.25, -0.2) is 9.97 Å². The number of anilines is 1. The van der Waals surface area contributed by atoms with Crippen LogP contribution in [0.3, 0.4) is 0 Å². The standard InChI is InChI=1S/C20H27N5O3/c1-24(2)11-15-12-25(20-21-8-5-9-22-20)13-16(15)23-19(26)14-6-7-17(27-3)18(10-14)28-4/h5-10,15-16H,11-13H2,1-4H3,(H,23,26)/t15-,16-/m1/s1. The molecule has 1 fully saturated rings. The van der Waals surface area contributed by atoms with Crippen molar-refractivity contribution in [3.05, 3.63) is 42.2 Å². The van der Waals surface area contributed by atoms with Crippen molar-refractivity contribution in [2.45, 2.75) is 6.04 Å². The van der Waals surface area contributed by atoms with Crippen LogP contribution in [0.5, 0.6) is 11.5 Å². The molecule has 1 amide bonds. The van der Waals surface area contributed by atoms with Crippen LogP contribution in [0.25, 0.3) is 0 Å². The van der Waals surface area contributed by atoms with E-state index in [-0.39, 0.29) is 17.9 Å². The van der Waals surface area contributed by atoms with E-state index in [1.165, 1.54) is 0 Å². The Morgan fingerprint density at radius 1 is 1.18 bits per heavy atom. The van der Waals surface area contributed by atoms with Crippen molar-refractivity contribution in [3.63, 3.8) is 0 Å². The van der Waals surface area contributed by atoms with E-state index in [1.807, 2.05) is 14.1 Å². The van der Waals surface area contributed by atoms with E-state index in [4.69, 9.17) is 9.47 Å². The number of hydrogen-bond acceptors (Lipinski definition) is 7. The second kappa shape index (κ2) is 8.88. The lowest BCUT2D eigenvalue weighted by molar-refractivity contribution is 0.0927. The van der Waals surface area contributed by atoms with Gasteiger partial charge in [0.15, 0.2) is 11.5 Å². The number of rotatable bonds is 7. The summed E-state index contributed by atoms with van der Waals surface area (Å²) in [6.45, 7) is 2.32. The first-order valence-electron chi connectivity index (χ1n) is 9.21. The van der Waals surface area contributed by atoms with Gasteiger partial charge >= 0.3 is 0 Å². The highest BCUT2D eigenvalue weighted by Crippen LogP contribution is 2.28. The average molecular weight is 385 g/mol. The van der Waals surface area contributed by atoms with Crippen LogP contribution in [0.2, 0.25) is 0 Å². The van der Waals surface area contributed by atoms with Crippen LogP contribution in [0, 0.1) is 5.92 Å². The minimum atomic E-state index is -0.134. The molecule has 0 bridgehead atoms. The Labute approximate surface area is 165 Å². The number of nitrogens with one attached hydrogen (secondary N) is 1. The Morgan fingerprint density at radius 2 is 1.89 bits per heavy atom. The molecule has 1 saturated heterocycles. The summed E-state index contributed by atoms with van der Waals surface area (Å²) < 4.78 is 10.6. The zero-order chi connectivity index (χ0) is 20.1. The fourth-order valence-electron chi connectivity index (χ4n) is 3.54. The predicted octanol–water partition coefficient (Wildman–Crippen LogP) is 1.29. The molecule has 2 aromatic rings. The van der Waals surface area contributed by atoms with Crippen molar-refractivity contribution in [1.82, 2.24) is 20.2 Å². The maximum Gasteiger partial charge on any atom is 0.251 e. The minimum Gasteiger partial charge on any atom is -0.493 e. The number of carbonyl (C=O) groups excluding carboxylic acids is 1. The Bertz CT molecular complexity index is 800. The van der Waals surface area contributed by atoms with E-state index >= 15 is 0 Å². The molecule has 28 heavy (non-hydrogen) atoms. The number of ether oxygens (including phenoxy) is 2. The summed E-state index contributed by atoms with van der Waals surface area (Å²) in [5, 5.41) is 3.18. The summed E-state index contributed by atoms with van der Waals surface area (Å²) in [5.41, 5.74) is 0.538. The first-order chi connectivity index (χ1) is 13.5. The molecule has 0 aliphatic carbocycles. The molecule has 0 saturated carbocycles. The third-order valence-corrected chi connectivity index (χ3v) is 4.84. The Hall–Kier alpha value is -2.87. The SMILES string of the molecule is COc1ccc(C(=O)N[C@@H]2CN(c3ncccn3)C[C@H]2CN(C)C)cc1OC. The Morgan fingerprint density at radius 3 is 2.54 bits per heavy atom. The Kier molecular flexibility index (Phi) is 6.30. The molecule has 1 N–H and O–H groups in total. The zero-order valence-corrected chi connectivity index (χ0v) is 16.8. The lowest BCUT2D eigenvalue weighted by Gasteiger charge is -2.22. The number of benzene rings is 1. The molecular weight excluding hydrogens is 358 g/mol. The van der Waals surface area contributed by atoms with E-state index in [0.717, 1.165) is 13.1 Å². The number of nitrogens with zero attached hydrogens (tertiary/aromatic N) is 4. The molecule has 2 atom stereocenters. The second-order valence-corrected chi connectivity index (χ2v) is 7.13. The van der Waals surface area contributed by atoms with Crippen molar-refractivity contribution in [2.24, 2.45) is 5.92 Å². The first-order valence-corrected chi connectivity index (χ1v) is 9.21. The van der Waals surface area contributed by atoms with E-state index < -0.39 is 0 Å².